The van der Waals surface area contributed by atoms with Gasteiger partial charge in [0.1, 0.15) is 17.1 Å². The van der Waals surface area contributed by atoms with Crippen LogP contribution in [0.4, 0.5) is 10.5 Å². The summed E-state index contributed by atoms with van der Waals surface area (Å²) in [6.07, 6.45) is 1.40. The number of carbonyl (C=O) groups excluding carboxylic acids is 3. The van der Waals surface area contributed by atoms with Gasteiger partial charge in [0.25, 0.3) is 11.8 Å². The van der Waals surface area contributed by atoms with Crippen LogP contribution in [0.3, 0.4) is 0 Å². The van der Waals surface area contributed by atoms with Gasteiger partial charge in [0.15, 0.2) is 0 Å². The predicted octanol–water partition coefficient (Wildman–Crippen LogP) is 3.30. The van der Waals surface area contributed by atoms with E-state index in [0.717, 1.165) is 21.6 Å². The van der Waals surface area contributed by atoms with Crippen molar-refractivity contribution in [3.05, 3.63) is 58.2 Å². The van der Waals surface area contributed by atoms with E-state index < -0.39 is 17.8 Å². The van der Waals surface area contributed by atoms with Crippen molar-refractivity contribution in [2.75, 3.05) is 19.1 Å². The summed E-state index contributed by atoms with van der Waals surface area (Å²) in [6, 6.07) is 8.02. The summed E-state index contributed by atoms with van der Waals surface area (Å²) in [6.45, 7) is 5.58. The van der Waals surface area contributed by atoms with Crippen molar-refractivity contribution in [2.45, 2.75) is 20.8 Å². The number of methoxy groups -OCH3 is 2. The van der Waals surface area contributed by atoms with Crippen LogP contribution in [0.25, 0.3) is 6.08 Å². The third-order valence-electron chi connectivity index (χ3n) is 4.70. The second kappa shape index (κ2) is 7.79. The Hall–Kier alpha value is -3.61. The molecule has 1 aliphatic rings. The highest BCUT2D eigenvalue weighted by Gasteiger charge is 2.38. The van der Waals surface area contributed by atoms with Gasteiger partial charge >= 0.3 is 6.03 Å². The van der Waals surface area contributed by atoms with E-state index in [0.29, 0.717) is 22.7 Å². The Bertz CT molecular complexity index is 1030. The minimum atomic E-state index is -0.773. The lowest BCUT2D eigenvalue weighted by Gasteiger charge is -2.29. The summed E-state index contributed by atoms with van der Waals surface area (Å²) in [4.78, 5) is 39.2. The molecule has 1 N–H and O–H groups in total. The van der Waals surface area contributed by atoms with Crippen molar-refractivity contribution in [2.24, 2.45) is 0 Å². The third kappa shape index (κ3) is 3.71. The number of ether oxygens (including phenoxy) is 2. The van der Waals surface area contributed by atoms with Crippen LogP contribution in [0, 0.1) is 20.8 Å². The molecule has 2 aromatic carbocycles. The fraction of sp³-hybridized carbons (Fsp3) is 0.227. The van der Waals surface area contributed by atoms with Crippen molar-refractivity contribution in [1.29, 1.82) is 0 Å². The molecule has 29 heavy (non-hydrogen) atoms. The van der Waals surface area contributed by atoms with Gasteiger partial charge in [-0.05, 0) is 56.2 Å². The lowest BCUT2D eigenvalue weighted by molar-refractivity contribution is -0.122. The molecule has 150 valence electrons. The van der Waals surface area contributed by atoms with Gasteiger partial charge in [0.2, 0.25) is 0 Å². The third-order valence-corrected chi connectivity index (χ3v) is 4.70. The number of carbonyl (C=O) groups is 3. The fourth-order valence-electron chi connectivity index (χ4n) is 3.49. The maximum absolute atomic E-state index is 13.2. The van der Waals surface area contributed by atoms with Crippen LogP contribution in [0.2, 0.25) is 0 Å². The highest BCUT2D eigenvalue weighted by molar-refractivity contribution is 6.39. The zero-order valence-electron chi connectivity index (χ0n) is 17.0. The lowest BCUT2D eigenvalue weighted by Crippen LogP contribution is -2.54. The molecule has 0 saturated carbocycles. The average Bonchev–Trinajstić information content (AvgIpc) is 2.66. The fourth-order valence-corrected chi connectivity index (χ4v) is 3.49. The normalized spacial score (nSPS) is 15.6. The van der Waals surface area contributed by atoms with Crippen molar-refractivity contribution >= 4 is 29.6 Å². The standard InChI is InChI=1S/C22H22N2O5/c1-12-8-13(2)19(14(3)9-12)24-21(26)17(20(25)23-22(24)27)11-15-10-16(28-4)6-7-18(15)29-5/h6-11H,1-5H3,(H,23,25,27)/b17-11-. The van der Waals surface area contributed by atoms with Crippen molar-refractivity contribution in [3.63, 3.8) is 0 Å². The molecule has 7 nitrogen and oxygen atoms in total. The first-order valence-corrected chi connectivity index (χ1v) is 8.98. The largest absolute Gasteiger partial charge is 0.497 e. The predicted molar refractivity (Wildman–Crippen MR) is 109 cm³/mol. The van der Waals surface area contributed by atoms with E-state index in [2.05, 4.69) is 5.32 Å². The van der Waals surface area contributed by atoms with Gasteiger partial charge in [-0.3, -0.25) is 14.9 Å². The Morgan fingerprint density at radius 1 is 0.931 bits per heavy atom. The van der Waals surface area contributed by atoms with Crippen molar-refractivity contribution < 1.29 is 23.9 Å². The number of hydrogen-bond acceptors (Lipinski definition) is 5. The molecule has 0 aliphatic carbocycles. The molecule has 0 bridgehead atoms. The second-order valence-electron chi connectivity index (χ2n) is 6.81. The molecular formula is C22H22N2O5. The number of benzene rings is 2. The quantitative estimate of drug-likeness (QED) is 0.635. The van der Waals surface area contributed by atoms with Gasteiger partial charge in [-0.2, -0.15) is 0 Å². The van der Waals surface area contributed by atoms with Crippen LogP contribution in [-0.2, 0) is 9.59 Å². The molecule has 0 unspecified atom stereocenters. The van der Waals surface area contributed by atoms with Gasteiger partial charge in [-0.15, -0.1) is 0 Å². The minimum absolute atomic E-state index is 0.171. The molecule has 3 rings (SSSR count). The Balaban J connectivity index is 2.13. The van der Waals surface area contributed by atoms with Gasteiger partial charge in [-0.25, -0.2) is 9.69 Å². The lowest BCUT2D eigenvalue weighted by atomic mass is 10.0. The summed E-state index contributed by atoms with van der Waals surface area (Å²) >= 11 is 0. The number of amides is 4. The van der Waals surface area contributed by atoms with Crippen LogP contribution in [-0.4, -0.2) is 32.1 Å². The average molecular weight is 394 g/mol. The smallest absolute Gasteiger partial charge is 0.335 e. The van der Waals surface area contributed by atoms with E-state index in [9.17, 15) is 14.4 Å². The van der Waals surface area contributed by atoms with Crippen molar-refractivity contribution in [1.82, 2.24) is 5.32 Å². The zero-order chi connectivity index (χ0) is 21.3. The molecule has 2 aromatic rings. The van der Waals surface area contributed by atoms with E-state index in [1.54, 1.807) is 18.2 Å². The number of hydrogen-bond donors (Lipinski definition) is 1. The summed E-state index contributed by atoms with van der Waals surface area (Å²) in [5.41, 5.74) is 3.32. The molecule has 0 aromatic heterocycles. The Morgan fingerprint density at radius 2 is 1.59 bits per heavy atom. The first-order chi connectivity index (χ1) is 13.8. The number of nitrogens with one attached hydrogen (secondary N) is 1. The van der Waals surface area contributed by atoms with Gasteiger partial charge in [-0.1, -0.05) is 17.7 Å². The molecule has 1 saturated heterocycles. The van der Waals surface area contributed by atoms with E-state index >= 15 is 0 Å². The molecule has 1 fully saturated rings. The molecule has 0 spiro atoms. The topological polar surface area (TPSA) is 84.9 Å². The van der Waals surface area contributed by atoms with Crippen LogP contribution in [0.1, 0.15) is 22.3 Å². The number of nitrogens with zero attached hydrogens (tertiary/aromatic N) is 1. The SMILES string of the molecule is COc1ccc(OC)c(/C=C2/C(=O)NC(=O)N(c3c(C)cc(C)cc3C)C2=O)c1. The van der Waals surface area contributed by atoms with Gasteiger partial charge in [0.05, 0.1) is 19.9 Å². The Kier molecular flexibility index (Phi) is 5.41. The number of imide groups is 2. The highest BCUT2D eigenvalue weighted by atomic mass is 16.5. The molecule has 0 atom stereocenters. The first kappa shape index (κ1) is 20.1. The Morgan fingerprint density at radius 3 is 2.17 bits per heavy atom. The van der Waals surface area contributed by atoms with E-state index in [-0.39, 0.29) is 5.57 Å². The Labute approximate surface area is 168 Å². The summed E-state index contributed by atoms with van der Waals surface area (Å²) in [5.74, 6) is -0.452. The van der Waals surface area contributed by atoms with E-state index in [1.165, 1.54) is 20.3 Å². The number of anilines is 1. The van der Waals surface area contributed by atoms with Crippen LogP contribution in [0.5, 0.6) is 11.5 Å². The maximum Gasteiger partial charge on any atom is 0.335 e. The summed E-state index contributed by atoms with van der Waals surface area (Å²) in [5, 5.41) is 2.25. The van der Waals surface area contributed by atoms with Gasteiger partial charge < -0.3 is 9.47 Å². The number of aryl methyl sites for hydroxylation is 3. The molecule has 7 heteroatoms. The maximum atomic E-state index is 13.2. The van der Waals surface area contributed by atoms with E-state index in [1.807, 2.05) is 32.9 Å². The van der Waals surface area contributed by atoms with Crippen molar-refractivity contribution in [3.8, 4) is 11.5 Å². The molecule has 0 radical (unpaired) electrons. The first-order valence-electron chi connectivity index (χ1n) is 8.98. The minimum Gasteiger partial charge on any atom is -0.497 e. The van der Waals surface area contributed by atoms with Gasteiger partial charge in [0, 0.05) is 5.56 Å². The van der Waals surface area contributed by atoms with Crippen LogP contribution < -0.4 is 19.7 Å². The zero-order valence-corrected chi connectivity index (χ0v) is 17.0. The molecule has 1 aliphatic heterocycles. The van der Waals surface area contributed by atoms with E-state index in [4.69, 9.17) is 9.47 Å². The van der Waals surface area contributed by atoms with Crippen LogP contribution >= 0.6 is 0 Å². The highest BCUT2D eigenvalue weighted by Crippen LogP contribution is 2.31. The number of rotatable bonds is 4. The summed E-state index contributed by atoms with van der Waals surface area (Å²) < 4.78 is 10.5. The second-order valence-corrected chi connectivity index (χ2v) is 6.81. The molecule has 1 heterocycles. The molecular weight excluding hydrogens is 372 g/mol. The number of barbiturate groups is 1. The van der Waals surface area contributed by atoms with Crippen LogP contribution in [0.15, 0.2) is 35.9 Å². The summed E-state index contributed by atoms with van der Waals surface area (Å²) in [7, 11) is 3.00. The monoisotopic (exact) mass is 394 g/mol. The molecule has 4 amide bonds. The number of urea groups is 1.